The number of fused-ring (bicyclic) bond motifs is 2. The van der Waals surface area contributed by atoms with Crippen LogP contribution in [0.1, 0.15) is 29.4 Å². The lowest BCUT2D eigenvalue weighted by molar-refractivity contribution is -0.647. The quantitative estimate of drug-likeness (QED) is 0.239. The maximum absolute atomic E-state index is 14.2. The van der Waals surface area contributed by atoms with Gasteiger partial charge in [0.15, 0.2) is 11.0 Å². The number of nitrogens with zero attached hydrogens (tertiary/aromatic N) is 5. The summed E-state index contributed by atoms with van der Waals surface area (Å²) >= 11 is 12.7. The van der Waals surface area contributed by atoms with Gasteiger partial charge in [0, 0.05) is 42.7 Å². The van der Waals surface area contributed by atoms with Gasteiger partial charge in [0.05, 0.1) is 41.8 Å². The van der Waals surface area contributed by atoms with Crippen molar-refractivity contribution in [3.63, 3.8) is 0 Å². The topological polar surface area (TPSA) is 79.1 Å². The lowest BCUT2D eigenvalue weighted by Gasteiger charge is -2.25. The first-order valence-electron chi connectivity index (χ1n) is 15.6. The van der Waals surface area contributed by atoms with Gasteiger partial charge in [-0.15, -0.1) is 0 Å². The number of rotatable bonds is 7. The molecule has 0 spiro atoms. The Bertz CT molecular complexity index is 2380. The summed E-state index contributed by atoms with van der Waals surface area (Å²) in [7, 11) is 3.93. The average molecular weight is 681 g/mol. The average Bonchev–Trinajstić information content (AvgIpc) is 3.46. The first-order chi connectivity index (χ1) is 23.0. The molecule has 3 heterocycles. The summed E-state index contributed by atoms with van der Waals surface area (Å²) in [6.45, 7) is 6.34. The Balaban J connectivity index is 1.59. The van der Waals surface area contributed by atoms with Gasteiger partial charge in [0.25, 0.3) is 11.4 Å². The minimum Gasteiger partial charge on any atom is -0.548 e. The number of para-hydroxylation sites is 1. The molecular formula is C38H35Cl2N5O3. The van der Waals surface area contributed by atoms with E-state index in [-0.39, 0.29) is 10.9 Å². The molecule has 0 fully saturated rings. The molecule has 0 atom stereocenters. The number of allylic oxidation sites excluding steroid dienone is 4. The molecule has 0 saturated carbocycles. The fourth-order valence-corrected chi connectivity index (χ4v) is 6.53. The largest absolute Gasteiger partial charge is 0.548 e. The molecule has 1 aliphatic rings. The van der Waals surface area contributed by atoms with E-state index in [9.17, 15) is 14.7 Å². The molecule has 6 rings (SSSR count). The molecule has 8 nitrogen and oxygen atoms in total. The van der Waals surface area contributed by atoms with Gasteiger partial charge in [0.1, 0.15) is 10.8 Å². The summed E-state index contributed by atoms with van der Waals surface area (Å²) in [5.41, 5.74) is 7.79. The first kappa shape index (κ1) is 32.9. The fourth-order valence-electron chi connectivity index (χ4n) is 6.22. The number of carbonyl (C=O) groups excluding carboxylic acids is 1. The zero-order valence-corrected chi connectivity index (χ0v) is 28.9. The fraction of sp³-hybridized carbons (Fsp3) is 0.184. The lowest BCUT2D eigenvalue weighted by Crippen LogP contribution is -2.39. The van der Waals surface area contributed by atoms with Gasteiger partial charge in [-0.1, -0.05) is 53.6 Å². The van der Waals surface area contributed by atoms with E-state index in [0.717, 1.165) is 39.2 Å². The monoisotopic (exact) mass is 679 g/mol. The second-order valence-corrected chi connectivity index (χ2v) is 12.6. The molecule has 5 aromatic rings. The van der Waals surface area contributed by atoms with E-state index in [2.05, 4.69) is 35.4 Å². The number of halogens is 2. The molecule has 0 radical (unpaired) electrons. The summed E-state index contributed by atoms with van der Waals surface area (Å²) in [4.78, 5) is 28.4. The van der Waals surface area contributed by atoms with Crippen molar-refractivity contribution in [2.24, 2.45) is 7.05 Å². The van der Waals surface area contributed by atoms with E-state index < -0.39 is 12.5 Å². The van der Waals surface area contributed by atoms with Crippen LogP contribution in [0, 0.1) is 13.8 Å². The normalized spacial score (nSPS) is 14.6. The molecule has 0 amide bonds. The maximum atomic E-state index is 14.2. The van der Waals surface area contributed by atoms with Crippen LogP contribution in [0.4, 0.5) is 5.69 Å². The summed E-state index contributed by atoms with van der Waals surface area (Å²) in [6.07, 6.45) is 13.0. The Hall–Kier alpha value is -5.05. The van der Waals surface area contributed by atoms with Crippen molar-refractivity contribution in [2.45, 2.75) is 33.9 Å². The molecule has 3 aromatic carbocycles. The number of aryl methyl sites for hydroxylation is 4. The Kier molecular flexibility index (Phi) is 9.05. The molecule has 10 heteroatoms. The summed E-state index contributed by atoms with van der Waals surface area (Å²) in [6, 6.07) is 17.1. The van der Waals surface area contributed by atoms with E-state index in [1.807, 2.05) is 98.6 Å². The number of aliphatic carboxylic acids is 1. The summed E-state index contributed by atoms with van der Waals surface area (Å²) in [5.74, 6) is -0.448. The Morgan fingerprint density at radius 3 is 2.38 bits per heavy atom. The van der Waals surface area contributed by atoms with Crippen LogP contribution in [-0.2, 0) is 24.9 Å². The van der Waals surface area contributed by atoms with Crippen molar-refractivity contribution in [3.8, 4) is 5.69 Å². The number of anilines is 1. The van der Waals surface area contributed by atoms with Gasteiger partial charge >= 0.3 is 0 Å². The molecule has 244 valence electrons. The van der Waals surface area contributed by atoms with E-state index in [0.29, 0.717) is 27.8 Å². The van der Waals surface area contributed by atoms with Crippen molar-refractivity contribution in [2.75, 3.05) is 11.9 Å². The minimum absolute atomic E-state index is 0.213. The number of aromatic nitrogens is 4. The first-order valence-corrected chi connectivity index (χ1v) is 16.3. The van der Waals surface area contributed by atoms with Crippen LogP contribution in [0.2, 0.25) is 10.0 Å². The van der Waals surface area contributed by atoms with Crippen LogP contribution >= 0.6 is 23.2 Å². The molecule has 0 aliphatic carbocycles. The van der Waals surface area contributed by atoms with Gasteiger partial charge in [0.2, 0.25) is 0 Å². The molecular weight excluding hydrogens is 645 g/mol. The summed E-state index contributed by atoms with van der Waals surface area (Å²) in [5, 5.41) is 13.3. The van der Waals surface area contributed by atoms with E-state index in [1.54, 1.807) is 12.2 Å². The van der Waals surface area contributed by atoms with Crippen molar-refractivity contribution in [3.05, 3.63) is 133 Å². The van der Waals surface area contributed by atoms with Crippen LogP contribution in [0.15, 0.2) is 83.8 Å². The van der Waals surface area contributed by atoms with Crippen LogP contribution in [0.3, 0.4) is 0 Å². The third-order valence-electron chi connectivity index (χ3n) is 8.82. The van der Waals surface area contributed by atoms with Crippen molar-refractivity contribution >= 4 is 69.7 Å². The number of carboxylic acid groups (broad SMARTS) is 1. The Morgan fingerprint density at radius 1 is 0.958 bits per heavy atom. The highest BCUT2D eigenvalue weighted by Gasteiger charge is 2.21. The van der Waals surface area contributed by atoms with Gasteiger partial charge in [-0.05, 0) is 80.0 Å². The van der Waals surface area contributed by atoms with Crippen LogP contribution in [0.5, 0.6) is 0 Å². The number of benzene rings is 3. The van der Waals surface area contributed by atoms with Crippen LogP contribution in [-0.4, -0.2) is 26.7 Å². The number of carboxylic acids is 1. The van der Waals surface area contributed by atoms with Crippen LogP contribution in [0.25, 0.3) is 40.5 Å². The lowest BCUT2D eigenvalue weighted by atomic mass is 9.95. The van der Waals surface area contributed by atoms with Gasteiger partial charge < -0.3 is 19.4 Å². The predicted octanol–water partition coefficient (Wildman–Crippen LogP) is 4.43. The molecule has 2 aromatic heterocycles. The van der Waals surface area contributed by atoms with E-state index in [1.165, 1.54) is 14.7 Å². The highest BCUT2D eigenvalue weighted by molar-refractivity contribution is 6.42. The smallest absolute Gasteiger partial charge is 0.282 e. The number of carbonyl (C=O) groups is 1. The molecule has 0 saturated heterocycles. The third-order valence-corrected chi connectivity index (χ3v) is 9.54. The number of hydrogen-bond donors (Lipinski definition) is 0. The number of imidazole rings is 2. The van der Waals surface area contributed by atoms with Crippen molar-refractivity contribution in [1.29, 1.82) is 0 Å². The van der Waals surface area contributed by atoms with Crippen LogP contribution < -0.4 is 31.0 Å². The predicted molar refractivity (Wildman–Crippen MR) is 192 cm³/mol. The van der Waals surface area contributed by atoms with Crippen molar-refractivity contribution in [1.82, 2.24) is 13.7 Å². The Morgan fingerprint density at radius 2 is 1.67 bits per heavy atom. The summed E-state index contributed by atoms with van der Waals surface area (Å²) < 4.78 is 7.13. The van der Waals surface area contributed by atoms with Crippen molar-refractivity contribution < 1.29 is 14.5 Å². The molecule has 1 aliphatic heterocycles. The molecule has 0 N–H and O–H groups in total. The highest BCUT2D eigenvalue weighted by atomic mass is 35.5. The maximum Gasteiger partial charge on any atom is 0.282 e. The third kappa shape index (κ3) is 5.93. The zero-order chi connectivity index (χ0) is 34.3. The standard InChI is InChI=1S/C38H35Cl2N5O3/c1-6-43-34-22-30(40)29(39)21-33(34)42(5)35(43)13-10-14-36-44(23-37(46)47)31(38(48)45(36)27-11-8-7-9-12-27)16-15-26-17-18-41(4)32-20-25(3)24(2)19-28(26)32/h7-22H,6,23H2,1-5H3/b26-15+,31-16?. The van der Waals surface area contributed by atoms with Gasteiger partial charge in [-0.3, -0.25) is 9.36 Å². The Labute approximate surface area is 288 Å². The van der Waals surface area contributed by atoms with Gasteiger partial charge in [-0.2, -0.15) is 0 Å². The van der Waals surface area contributed by atoms with E-state index >= 15 is 0 Å². The number of hydrogen-bond acceptors (Lipinski definition) is 4. The second kappa shape index (κ2) is 13.2. The van der Waals surface area contributed by atoms with E-state index in [4.69, 9.17) is 23.2 Å². The molecule has 0 bridgehead atoms. The second-order valence-electron chi connectivity index (χ2n) is 11.8. The van der Waals surface area contributed by atoms with Gasteiger partial charge in [-0.25, -0.2) is 9.13 Å². The minimum atomic E-state index is -1.31. The zero-order valence-electron chi connectivity index (χ0n) is 27.4. The molecule has 48 heavy (non-hydrogen) atoms. The molecule has 0 unspecified atom stereocenters. The highest BCUT2D eigenvalue weighted by Crippen LogP contribution is 2.34. The SMILES string of the molecule is CCn1c(/C=C/C=c2/n(CC(=O)[O-])c(=C/C=C3\C=CN(C)c4cc(C)c(C)cc43)c(=O)n2-c2ccccc2)[n+](C)c2cc(Cl)c(Cl)cc21.